The number of aldehydes is 1. The van der Waals surface area contributed by atoms with Crippen LogP contribution in [0.3, 0.4) is 0 Å². The van der Waals surface area contributed by atoms with E-state index in [0.717, 1.165) is 25.0 Å². The molecule has 0 heterocycles. The highest BCUT2D eigenvalue weighted by molar-refractivity contribution is 8.01. The zero-order chi connectivity index (χ0) is 24.5. The molecule has 0 aromatic carbocycles. The fourth-order valence-electron chi connectivity index (χ4n) is 2.03. The van der Waals surface area contributed by atoms with Crippen LogP contribution in [-0.2, 0) is 9.59 Å². The highest BCUT2D eigenvalue weighted by Gasteiger charge is 2.10. The van der Waals surface area contributed by atoms with Crippen molar-refractivity contribution < 1.29 is 9.59 Å². The topological polar surface area (TPSA) is 70.2 Å². The van der Waals surface area contributed by atoms with Crippen molar-refractivity contribution in [1.82, 2.24) is 16.0 Å². The molecule has 0 fully saturated rings. The van der Waals surface area contributed by atoms with E-state index in [4.69, 9.17) is 0 Å². The number of thioether (sulfide) groups is 1. The molecule has 0 aromatic rings. The van der Waals surface area contributed by atoms with Gasteiger partial charge in [0.05, 0.1) is 12.6 Å². The molecule has 0 aliphatic carbocycles. The fraction of sp³-hybridized carbons (Fsp3) is 0.833. The highest BCUT2D eigenvalue weighted by atomic mass is 32.2. The van der Waals surface area contributed by atoms with E-state index in [1.807, 2.05) is 25.5 Å². The molecule has 0 radical (unpaired) electrons. The second-order valence-corrected chi connectivity index (χ2v) is 9.03. The molecule has 5 nitrogen and oxygen atoms in total. The van der Waals surface area contributed by atoms with E-state index >= 15 is 0 Å². The maximum absolute atomic E-state index is 11.4. The lowest BCUT2D eigenvalue weighted by molar-refractivity contribution is -0.120. The maximum atomic E-state index is 11.4. The average Bonchev–Trinajstić information content (AvgIpc) is 2.65. The minimum atomic E-state index is 0.0463. The summed E-state index contributed by atoms with van der Waals surface area (Å²) >= 11 is 1.65. The third-order valence-corrected chi connectivity index (χ3v) is 3.55. The monoisotopic (exact) mass is 447 g/mol. The van der Waals surface area contributed by atoms with Crippen LogP contribution in [0, 0.1) is 17.8 Å². The Kier molecular flexibility index (Phi) is 34.3. The van der Waals surface area contributed by atoms with Gasteiger partial charge in [0.1, 0.15) is 6.29 Å². The summed E-state index contributed by atoms with van der Waals surface area (Å²) in [6.07, 6.45) is 6.93. The van der Waals surface area contributed by atoms with Gasteiger partial charge in [0.15, 0.2) is 0 Å². The highest BCUT2D eigenvalue weighted by Crippen LogP contribution is 2.07. The van der Waals surface area contributed by atoms with Crippen LogP contribution in [0.15, 0.2) is 11.5 Å². The van der Waals surface area contributed by atoms with Crippen LogP contribution in [0.5, 0.6) is 0 Å². The first-order chi connectivity index (χ1) is 14.0. The fourth-order valence-corrected chi connectivity index (χ4v) is 2.38. The van der Waals surface area contributed by atoms with Crippen molar-refractivity contribution in [2.45, 2.75) is 87.2 Å². The van der Waals surface area contributed by atoms with Crippen LogP contribution in [0.2, 0.25) is 0 Å². The van der Waals surface area contributed by atoms with Crippen LogP contribution < -0.4 is 16.0 Å². The molecule has 0 spiro atoms. The number of carbonyl (C=O) groups excluding carboxylic acids is 2. The second kappa shape index (κ2) is 28.1. The quantitative estimate of drug-likeness (QED) is 0.383. The summed E-state index contributed by atoms with van der Waals surface area (Å²) < 4.78 is 0. The Hall–Kier alpha value is -0.850. The Morgan fingerprint density at radius 1 is 0.900 bits per heavy atom. The first-order valence-electron chi connectivity index (χ1n) is 11.3. The predicted octanol–water partition coefficient (Wildman–Crippen LogP) is 5.12. The lowest BCUT2D eigenvalue weighted by Gasteiger charge is -2.17. The molecular formula is C24H53N3O2S. The van der Waals surface area contributed by atoms with Crippen molar-refractivity contribution in [3.63, 3.8) is 0 Å². The number of amides is 1. The van der Waals surface area contributed by atoms with Gasteiger partial charge < -0.3 is 20.7 Å². The molecule has 6 heteroatoms. The van der Waals surface area contributed by atoms with Crippen LogP contribution in [-0.4, -0.2) is 51.2 Å². The summed E-state index contributed by atoms with van der Waals surface area (Å²) in [6, 6.07) is 0.197. The van der Waals surface area contributed by atoms with Gasteiger partial charge in [-0.1, -0.05) is 68.4 Å². The number of hydrogen-bond donors (Lipinski definition) is 3. The van der Waals surface area contributed by atoms with Crippen LogP contribution in [0.4, 0.5) is 0 Å². The molecule has 182 valence electrons. The number of hydrogen-bond acceptors (Lipinski definition) is 5. The van der Waals surface area contributed by atoms with Gasteiger partial charge in [0.2, 0.25) is 5.91 Å². The molecule has 0 saturated carbocycles. The lowest BCUT2D eigenvalue weighted by atomic mass is 10.0. The Morgan fingerprint density at radius 3 is 1.60 bits per heavy atom. The Balaban J connectivity index is -0.000000190. The molecule has 30 heavy (non-hydrogen) atoms. The minimum absolute atomic E-state index is 0.0463. The molecule has 1 amide bonds. The van der Waals surface area contributed by atoms with Crippen molar-refractivity contribution in [2.24, 2.45) is 17.8 Å². The molecule has 2 atom stereocenters. The van der Waals surface area contributed by atoms with Gasteiger partial charge in [-0.05, 0) is 56.4 Å². The van der Waals surface area contributed by atoms with E-state index < -0.39 is 0 Å². The Morgan fingerprint density at radius 2 is 1.33 bits per heavy atom. The molecule has 0 saturated heterocycles. The van der Waals surface area contributed by atoms with Gasteiger partial charge in [-0.25, -0.2) is 0 Å². The molecular weight excluding hydrogens is 394 g/mol. The van der Waals surface area contributed by atoms with E-state index in [2.05, 4.69) is 70.5 Å². The Bertz CT molecular complexity index is 384. The van der Waals surface area contributed by atoms with Gasteiger partial charge in [0.25, 0.3) is 0 Å². The average molecular weight is 448 g/mol. The molecule has 0 bridgehead atoms. The van der Waals surface area contributed by atoms with Gasteiger partial charge in [-0.3, -0.25) is 4.79 Å². The smallest absolute Gasteiger partial charge is 0.234 e. The number of carbonyl (C=O) groups is 2. The molecule has 0 aromatic heterocycles. The minimum Gasteiger partial charge on any atom is -0.349 e. The van der Waals surface area contributed by atoms with E-state index in [1.165, 1.54) is 0 Å². The molecule has 2 unspecified atom stereocenters. The summed E-state index contributed by atoms with van der Waals surface area (Å²) in [5.41, 5.74) is 0. The normalized spacial score (nSPS) is 12.2. The maximum Gasteiger partial charge on any atom is 0.234 e. The van der Waals surface area contributed by atoms with Crippen LogP contribution in [0.25, 0.3) is 0 Å². The standard InChI is InChI=1S/C11H22N2OS.C7H15NO.C4H10.C2H6/c1-9(2)7-10(5-6-15-4)13-11(14)8-12-3;1-6(2)4-7(5-9)8-3;1-4(2)3;1-2/h5-6,9-10,12H,7-8H2,1-4H3,(H,13,14);5-8H,4H2,1-3H3;4H,1-3H3;1-2H3/b6-5+;;;. The van der Waals surface area contributed by atoms with Crippen molar-refractivity contribution >= 4 is 24.0 Å². The molecule has 0 aliphatic rings. The molecule has 3 N–H and O–H groups in total. The lowest BCUT2D eigenvalue weighted by Crippen LogP contribution is -2.39. The molecule has 0 rings (SSSR count). The number of likely N-dealkylation sites (N-methyl/N-ethyl adjacent to an activating group) is 2. The first-order valence-corrected chi connectivity index (χ1v) is 12.6. The zero-order valence-electron chi connectivity index (χ0n) is 22.0. The van der Waals surface area contributed by atoms with Crippen molar-refractivity contribution in [3.05, 3.63) is 11.5 Å². The second-order valence-electron chi connectivity index (χ2n) is 8.29. The largest absolute Gasteiger partial charge is 0.349 e. The van der Waals surface area contributed by atoms with Gasteiger partial charge in [-0.2, -0.15) is 0 Å². The van der Waals surface area contributed by atoms with Crippen molar-refractivity contribution in [3.8, 4) is 0 Å². The van der Waals surface area contributed by atoms with E-state index in [9.17, 15) is 9.59 Å². The summed E-state index contributed by atoms with van der Waals surface area (Å²) in [5.74, 6) is 2.05. The number of rotatable bonds is 11. The number of nitrogens with one attached hydrogen (secondary N) is 3. The third kappa shape index (κ3) is 37.8. The van der Waals surface area contributed by atoms with E-state index in [0.29, 0.717) is 18.4 Å². The summed E-state index contributed by atoms with van der Waals surface area (Å²) in [6.45, 7) is 19.4. The van der Waals surface area contributed by atoms with Crippen LogP contribution in [0.1, 0.15) is 75.2 Å². The van der Waals surface area contributed by atoms with Gasteiger partial charge in [0, 0.05) is 6.04 Å². The van der Waals surface area contributed by atoms with E-state index in [-0.39, 0.29) is 18.0 Å². The summed E-state index contributed by atoms with van der Waals surface area (Å²) in [7, 11) is 3.58. The van der Waals surface area contributed by atoms with Gasteiger partial charge in [-0.15, -0.1) is 11.8 Å². The molecule has 0 aliphatic heterocycles. The van der Waals surface area contributed by atoms with Crippen molar-refractivity contribution in [1.29, 1.82) is 0 Å². The third-order valence-electron chi connectivity index (χ3n) is 3.12. The first kappa shape index (κ1) is 36.5. The zero-order valence-corrected chi connectivity index (χ0v) is 22.8. The SMILES string of the molecule is CC.CC(C)C.CNC(C=O)CC(C)C.CNCC(=O)NC(/C=C/SC)CC(C)C. The summed E-state index contributed by atoms with van der Waals surface area (Å²) in [4.78, 5) is 21.6. The van der Waals surface area contributed by atoms with Crippen LogP contribution >= 0.6 is 11.8 Å². The van der Waals surface area contributed by atoms with Gasteiger partial charge >= 0.3 is 0 Å². The predicted molar refractivity (Wildman–Crippen MR) is 138 cm³/mol. The van der Waals surface area contributed by atoms with E-state index in [1.54, 1.807) is 25.9 Å². The summed E-state index contributed by atoms with van der Waals surface area (Å²) in [5, 5.41) is 10.8. The Labute approximate surface area is 193 Å². The van der Waals surface area contributed by atoms with Crippen molar-refractivity contribution in [2.75, 3.05) is 26.9 Å².